The maximum Gasteiger partial charge on any atom is 0.243 e. The van der Waals surface area contributed by atoms with E-state index in [4.69, 9.17) is 16.2 Å². The largest absolute Gasteiger partial charge is 0.391 e. The van der Waals surface area contributed by atoms with E-state index < -0.39 is 23.6 Å². The van der Waals surface area contributed by atoms with E-state index in [9.17, 15) is 14.7 Å². The highest BCUT2D eigenvalue weighted by molar-refractivity contribution is 5.92. The molecular weight excluding hydrogens is 238 g/mol. The number of carbonyl (C=O) groups excluding carboxylic acids is 2. The fraction of sp³-hybridized carbons (Fsp3) is 0.818. The Balaban J connectivity index is 2.14. The van der Waals surface area contributed by atoms with Gasteiger partial charge in [0.1, 0.15) is 6.04 Å². The van der Waals surface area contributed by atoms with E-state index in [1.54, 1.807) is 0 Å². The van der Waals surface area contributed by atoms with Gasteiger partial charge in [0.2, 0.25) is 11.8 Å². The number of nitrogens with two attached hydrogens (primary N) is 2. The van der Waals surface area contributed by atoms with Crippen LogP contribution in [0, 0.1) is 0 Å². The van der Waals surface area contributed by atoms with Crippen molar-refractivity contribution in [2.45, 2.75) is 36.9 Å². The lowest BCUT2D eigenvalue weighted by Crippen LogP contribution is -2.60. The van der Waals surface area contributed by atoms with Gasteiger partial charge in [0, 0.05) is 26.2 Å². The summed E-state index contributed by atoms with van der Waals surface area (Å²) in [5.41, 5.74) is 10.3. The number of rotatable bonds is 2. The van der Waals surface area contributed by atoms with E-state index in [2.05, 4.69) is 0 Å². The molecule has 2 rings (SSSR count). The molecule has 2 atom stereocenters. The van der Waals surface area contributed by atoms with Gasteiger partial charge >= 0.3 is 0 Å². The van der Waals surface area contributed by atoms with Gasteiger partial charge in [-0.2, -0.15) is 0 Å². The molecule has 0 radical (unpaired) electrons. The molecule has 5 N–H and O–H groups in total. The SMILES string of the molecule is NC(=O)C1CC(O)CN1C(=O)C1(N)CCOCC1. The average molecular weight is 257 g/mol. The van der Waals surface area contributed by atoms with Gasteiger partial charge in [-0.15, -0.1) is 0 Å². The zero-order valence-electron chi connectivity index (χ0n) is 10.2. The van der Waals surface area contributed by atoms with Crippen LogP contribution >= 0.6 is 0 Å². The van der Waals surface area contributed by atoms with Crippen molar-refractivity contribution in [2.24, 2.45) is 11.5 Å². The van der Waals surface area contributed by atoms with Gasteiger partial charge in [0.25, 0.3) is 0 Å². The molecule has 0 aromatic carbocycles. The second-order valence-corrected chi connectivity index (χ2v) is 5.03. The highest BCUT2D eigenvalue weighted by Gasteiger charge is 2.45. The summed E-state index contributed by atoms with van der Waals surface area (Å²) < 4.78 is 5.18. The lowest BCUT2D eigenvalue weighted by molar-refractivity contribution is -0.145. The first-order valence-electron chi connectivity index (χ1n) is 6.09. The normalized spacial score (nSPS) is 31.3. The summed E-state index contributed by atoms with van der Waals surface area (Å²) in [5, 5.41) is 9.58. The number of primary amides is 1. The standard InChI is InChI=1S/C11H19N3O4/c12-9(16)8-5-7(15)6-14(8)10(17)11(13)1-3-18-4-2-11/h7-8,15H,1-6,13H2,(H2,12,16). The quantitative estimate of drug-likeness (QED) is 0.525. The van der Waals surface area contributed by atoms with Crippen LogP contribution in [0.4, 0.5) is 0 Å². The third-order valence-electron chi connectivity index (χ3n) is 3.68. The van der Waals surface area contributed by atoms with Crippen LogP contribution in [0.25, 0.3) is 0 Å². The molecule has 2 aliphatic rings. The molecule has 18 heavy (non-hydrogen) atoms. The monoisotopic (exact) mass is 257 g/mol. The fourth-order valence-corrected chi connectivity index (χ4v) is 2.54. The minimum atomic E-state index is -1.00. The number of β-amino-alcohol motifs (C(OH)–C–C–N with tert-alkyl or cyclic N) is 1. The number of amides is 2. The Labute approximate surface area is 105 Å². The summed E-state index contributed by atoms with van der Waals surface area (Å²) in [5.74, 6) is -0.915. The summed E-state index contributed by atoms with van der Waals surface area (Å²) >= 11 is 0. The zero-order chi connectivity index (χ0) is 13.3. The van der Waals surface area contributed by atoms with Gasteiger partial charge in [-0.1, -0.05) is 0 Å². The first kappa shape index (κ1) is 13.3. The number of likely N-dealkylation sites (tertiary alicyclic amines) is 1. The molecule has 2 fully saturated rings. The molecule has 2 aliphatic heterocycles. The van der Waals surface area contributed by atoms with E-state index in [1.807, 2.05) is 0 Å². The van der Waals surface area contributed by atoms with E-state index in [1.165, 1.54) is 4.90 Å². The predicted octanol–water partition coefficient (Wildman–Crippen LogP) is -2.06. The van der Waals surface area contributed by atoms with Crippen molar-refractivity contribution < 1.29 is 19.4 Å². The molecule has 7 heteroatoms. The predicted molar refractivity (Wildman–Crippen MR) is 62.3 cm³/mol. The molecule has 0 saturated carbocycles. The molecule has 0 bridgehead atoms. The summed E-state index contributed by atoms with van der Waals surface area (Å²) in [6, 6.07) is -0.754. The number of carbonyl (C=O) groups is 2. The Hall–Kier alpha value is -1.18. The van der Waals surface area contributed by atoms with Crippen molar-refractivity contribution in [3.8, 4) is 0 Å². The Kier molecular flexibility index (Phi) is 3.56. The van der Waals surface area contributed by atoms with Crippen LogP contribution in [-0.4, -0.2) is 59.3 Å². The molecule has 2 amide bonds. The van der Waals surface area contributed by atoms with Crippen LogP contribution < -0.4 is 11.5 Å². The van der Waals surface area contributed by atoms with Crippen molar-refractivity contribution in [1.29, 1.82) is 0 Å². The molecule has 2 unspecified atom stereocenters. The number of aliphatic hydroxyl groups excluding tert-OH is 1. The number of ether oxygens (including phenoxy) is 1. The Morgan fingerprint density at radius 3 is 2.50 bits per heavy atom. The Morgan fingerprint density at radius 2 is 1.94 bits per heavy atom. The second-order valence-electron chi connectivity index (χ2n) is 5.03. The van der Waals surface area contributed by atoms with Gasteiger partial charge in [-0.05, 0) is 12.8 Å². The molecule has 7 nitrogen and oxygen atoms in total. The summed E-state index contributed by atoms with van der Waals surface area (Å²) in [6.45, 7) is 0.978. The van der Waals surface area contributed by atoms with Crippen molar-refractivity contribution in [2.75, 3.05) is 19.8 Å². The van der Waals surface area contributed by atoms with Crippen LogP contribution in [0.2, 0.25) is 0 Å². The summed E-state index contributed by atoms with van der Waals surface area (Å²) in [6.07, 6.45) is 0.316. The number of hydrogen-bond acceptors (Lipinski definition) is 5. The van der Waals surface area contributed by atoms with Crippen LogP contribution in [0.5, 0.6) is 0 Å². The summed E-state index contributed by atoms with van der Waals surface area (Å²) in [7, 11) is 0. The van der Waals surface area contributed by atoms with Crippen molar-refractivity contribution in [3.05, 3.63) is 0 Å². The molecule has 2 heterocycles. The smallest absolute Gasteiger partial charge is 0.243 e. The Bertz CT molecular complexity index is 354. The zero-order valence-corrected chi connectivity index (χ0v) is 10.2. The molecule has 102 valence electrons. The molecule has 0 aromatic heterocycles. The fourth-order valence-electron chi connectivity index (χ4n) is 2.54. The maximum atomic E-state index is 12.4. The van der Waals surface area contributed by atoms with E-state index in [0.717, 1.165) is 0 Å². The van der Waals surface area contributed by atoms with Gasteiger partial charge in [0.15, 0.2) is 0 Å². The van der Waals surface area contributed by atoms with Crippen molar-refractivity contribution in [1.82, 2.24) is 4.90 Å². The molecular formula is C11H19N3O4. The lowest BCUT2D eigenvalue weighted by atomic mass is 9.89. The minimum absolute atomic E-state index is 0.117. The molecule has 0 aromatic rings. The van der Waals surface area contributed by atoms with Crippen LogP contribution in [0.1, 0.15) is 19.3 Å². The lowest BCUT2D eigenvalue weighted by Gasteiger charge is -2.36. The van der Waals surface area contributed by atoms with E-state index in [0.29, 0.717) is 26.1 Å². The van der Waals surface area contributed by atoms with Gasteiger partial charge in [0.05, 0.1) is 11.6 Å². The van der Waals surface area contributed by atoms with Gasteiger partial charge < -0.3 is 26.2 Å². The van der Waals surface area contributed by atoms with E-state index >= 15 is 0 Å². The summed E-state index contributed by atoms with van der Waals surface area (Å²) in [4.78, 5) is 25.0. The van der Waals surface area contributed by atoms with Crippen LogP contribution in [0.15, 0.2) is 0 Å². The van der Waals surface area contributed by atoms with Crippen LogP contribution in [-0.2, 0) is 14.3 Å². The van der Waals surface area contributed by atoms with Gasteiger partial charge in [-0.25, -0.2) is 0 Å². The third kappa shape index (κ3) is 2.33. The molecule has 0 spiro atoms. The van der Waals surface area contributed by atoms with E-state index in [-0.39, 0.29) is 18.9 Å². The number of nitrogens with zero attached hydrogens (tertiary/aromatic N) is 1. The first-order chi connectivity index (χ1) is 8.44. The maximum absolute atomic E-state index is 12.4. The van der Waals surface area contributed by atoms with Gasteiger partial charge in [-0.3, -0.25) is 9.59 Å². The van der Waals surface area contributed by atoms with Crippen LogP contribution in [0.3, 0.4) is 0 Å². The third-order valence-corrected chi connectivity index (χ3v) is 3.68. The minimum Gasteiger partial charge on any atom is -0.391 e. The number of aliphatic hydroxyl groups is 1. The van der Waals surface area contributed by atoms with Crippen molar-refractivity contribution >= 4 is 11.8 Å². The Morgan fingerprint density at radius 1 is 1.33 bits per heavy atom. The average Bonchev–Trinajstić information content (AvgIpc) is 2.71. The molecule has 0 aliphatic carbocycles. The topological polar surface area (TPSA) is 119 Å². The highest BCUT2D eigenvalue weighted by atomic mass is 16.5. The highest BCUT2D eigenvalue weighted by Crippen LogP contribution is 2.26. The molecule has 2 saturated heterocycles. The second kappa shape index (κ2) is 4.83. The van der Waals surface area contributed by atoms with Crippen molar-refractivity contribution in [3.63, 3.8) is 0 Å². The first-order valence-corrected chi connectivity index (χ1v) is 6.09. The number of hydrogen-bond donors (Lipinski definition) is 3.